The van der Waals surface area contributed by atoms with E-state index >= 15 is 0 Å². The van der Waals surface area contributed by atoms with E-state index in [4.69, 9.17) is 9.47 Å². The largest absolute Gasteiger partial charge is 0.388 e. The quantitative estimate of drug-likeness (QED) is 0.511. The highest BCUT2D eigenvalue weighted by Gasteiger charge is 2.32. The molecule has 0 aromatic carbocycles. The second-order valence-electron chi connectivity index (χ2n) is 10.0. The molecule has 36 heavy (non-hydrogen) atoms. The van der Waals surface area contributed by atoms with E-state index in [2.05, 4.69) is 24.3 Å². The minimum absolute atomic E-state index is 0.0336. The number of aromatic nitrogens is 2. The molecule has 206 valence electrons. The topological polar surface area (TPSA) is 129 Å². The molecule has 11 nitrogen and oxygen atoms in total. The number of aryl methyl sites for hydroxylation is 1. The normalized spacial score (nSPS) is 25.0. The maximum Gasteiger partial charge on any atom is 0.242 e. The van der Waals surface area contributed by atoms with Crippen LogP contribution in [0.15, 0.2) is 6.20 Å². The molecule has 1 saturated heterocycles. The Morgan fingerprint density at radius 2 is 2.00 bits per heavy atom. The van der Waals surface area contributed by atoms with Crippen molar-refractivity contribution in [2.45, 2.75) is 71.3 Å². The fourth-order valence-electron chi connectivity index (χ4n) is 4.46. The highest BCUT2D eigenvalue weighted by molar-refractivity contribution is 5.81. The zero-order valence-electron chi connectivity index (χ0n) is 22.6. The van der Waals surface area contributed by atoms with Gasteiger partial charge in [-0.05, 0) is 32.1 Å². The minimum atomic E-state index is -1.21. The number of methoxy groups -OCH3 is 1. The number of nitrogens with zero attached hydrogens (tertiary/aromatic N) is 4. The van der Waals surface area contributed by atoms with Crippen molar-refractivity contribution < 1.29 is 29.3 Å². The Morgan fingerprint density at radius 1 is 1.28 bits per heavy atom. The first-order valence-electron chi connectivity index (χ1n) is 12.8. The highest BCUT2D eigenvalue weighted by Crippen LogP contribution is 2.18. The number of aliphatic hydroxyl groups excluding tert-OH is 2. The zero-order chi connectivity index (χ0) is 26.8. The molecule has 2 rings (SSSR count). The summed E-state index contributed by atoms with van der Waals surface area (Å²) < 4.78 is 12.8. The van der Waals surface area contributed by atoms with Crippen LogP contribution in [0, 0.1) is 12.8 Å². The molecule has 0 radical (unpaired) electrons. The fraction of sp³-hybridized carbons (Fsp3) is 0.800. The average Bonchev–Trinajstić information content (AvgIpc) is 3.14. The van der Waals surface area contributed by atoms with Crippen molar-refractivity contribution in [1.82, 2.24) is 19.6 Å². The van der Waals surface area contributed by atoms with E-state index in [9.17, 15) is 19.8 Å². The summed E-state index contributed by atoms with van der Waals surface area (Å²) in [5.41, 5.74) is 1.75. The van der Waals surface area contributed by atoms with Crippen LogP contribution in [-0.2, 0) is 26.1 Å². The molecule has 1 aliphatic rings. The lowest BCUT2D eigenvalue weighted by Gasteiger charge is -2.38. The smallest absolute Gasteiger partial charge is 0.242 e. The lowest BCUT2D eigenvalue weighted by atomic mass is 10.00. The van der Waals surface area contributed by atoms with Gasteiger partial charge in [-0.25, -0.2) is 0 Å². The molecule has 0 bridgehead atoms. The van der Waals surface area contributed by atoms with Crippen LogP contribution >= 0.6 is 0 Å². The summed E-state index contributed by atoms with van der Waals surface area (Å²) in [7, 11) is 3.29. The first kappa shape index (κ1) is 30.0. The van der Waals surface area contributed by atoms with Gasteiger partial charge in [0.05, 0.1) is 30.7 Å². The van der Waals surface area contributed by atoms with Crippen LogP contribution in [0.4, 0.5) is 5.69 Å². The summed E-state index contributed by atoms with van der Waals surface area (Å²) in [6, 6.07) is -0.221. The highest BCUT2D eigenvalue weighted by atomic mass is 16.5. The molecule has 11 heteroatoms. The summed E-state index contributed by atoms with van der Waals surface area (Å²) in [6.45, 7) is 9.00. The lowest BCUT2D eigenvalue weighted by Crippen LogP contribution is -2.54. The van der Waals surface area contributed by atoms with Crippen LogP contribution in [-0.4, -0.2) is 112 Å². The zero-order valence-corrected chi connectivity index (χ0v) is 22.6. The van der Waals surface area contributed by atoms with Crippen molar-refractivity contribution in [3.63, 3.8) is 0 Å². The Kier molecular flexibility index (Phi) is 12.1. The van der Waals surface area contributed by atoms with Crippen molar-refractivity contribution in [2.75, 3.05) is 51.8 Å². The van der Waals surface area contributed by atoms with Crippen molar-refractivity contribution in [1.29, 1.82) is 0 Å². The third-order valence-electron chi connectivity index (χ3n) is 6.75. The molecule has 1 aliphatic heterocycles. The number of rotatable bonds is 6. The van der Waals surface area contributed by atoms with Gasteiger partial charge in [-0.15, -0.1) is 0 Å². The van der Waals surface area contributed by atoms with Crippen molar-refractivity contribution in [3.8, 4) is 0 Å². The number of carbonyl (C=O) groups excluding carboxylic acids is 2. The third kappa shape index (κ3) is 8.72. The van der Waals surface area contributed by atoms with Gasteiger partial charge in [-0.2, -0.15) is 5.10 Å². The fourth-order valence-corrected chi connectivity index (χ4v) is 4.46. The monoisotopic (exact) mass is 511 g/mol. The van der Waals surface area contributed by atoms with Crippen LogP contribution in [0.2, 0.25) is 0 Å². The van der Waals surface area contributed by atoms with Crippen molar-refractivity contribution in [2.24, 2.45) is 13.0 Å². The van der Waals surface area contributed by atoms with Gasteiger partial charge in [-0.3, -0.25) is 14.3 Å². The SMILES string of the molecule is CO[C@@H]1CN(C(C)=O)C[C@H](CC(C)C)N(C(=O)CNc2cnn(C)c2C)CCCCOC[C@@H](O)[C@H]1O. The molecular weight excluding hydrogens is 466 g/mol. The number of hydrogen-bond donors (Lipinski definition) is 3. The van der Waals surface area contributed by atoms with Gasteiger partial charge < -0.3 is 34.8 Å². The predicted octanol–water partition coefficient (Wildman–Crippen LogP) is 0.779. The van der Waals surface area contributed by atoms with Crippen LogP contribution in [0.1, 0.15) is 45.7 Å². The summed E-state index contributed by atoms with van der Waals surface area (Å²) in [5, 5.41) is 28.4. The van der Waals surface area contributed by atoms with Crippen LogP contribution in [0.25, 0.3) is 0 Å². The van der Waals surface area contributed by atoms with E-state index in [0.29, 0.717) is 44.9 Å². The van der Waals surface area contributed by atoms with Gasteiger partial charge in [0.1, 0.15) is 18.3 Å². The molecule has 1 aromatic heterocycles. The molecular formula is C25H45N5O6. The van der Waals surface area contributed by atoms with E-state index < -0.39 is 18.3 Å². The first-order chi connectivity index (χ1) is 17.0. The van der Waals surface area contributed by atoms with Gasteiger partial charge in [-0.1, -0.05) is 13.8 Å². The number of nitrogens with one attached hydrogen (secondary N) is 1. The Balaban J connectivity index is 2.30. The summed E-state index contributed by atoms with van der Waals surface area (Å²) in [6.07, 6.45) is 0.684. The van der Waals surface area contributed by atoms with E-state index in [1.165, 1.54) is 14.0 Å². The molecule has 1 aromatic rings. The molecule has 0 unspecified atom stereocenters. The second kappa shape index (κ2) is 14.5. The Bertz CT molecular complexity index is 832. The molecule has 4 atom stereocenters. The second-order valence-corrected chi connectivity index (χ2v) is 10.0. The molecule has 3 N–H and O–H groups in total. The van der Waals surface area contributed by atoms with Crippen molar-refractivity contribution in [3.05, 3.63) is 11.9 Å². The van der Waals surface area contributed by atoms with E-state index in [0.717, 1.165) is 11.4 Å². The summed E-state index contributed by atoms with van der Waals surface area (Å²) in [5.74, 6) is 0.0481. The number of hydrogen-bond acceptors (Lipinski definition) is 8. The summed E-state index contributed by atoms with van der Waals surface area (Å²) in [4.78, 5) is 29.6. The molecule has 0 spiro atoms. The predicted molar refractivity (Wildman–Crippen MR) is 137 cm³/mol. The molecule has 2 amide bonds. The van der Waals surface area contributed by atoms with Crippen LogP contribution in [0.5, 0.6) is 0 Å². The summed E-state index contributed by atoms with van der Waals surface area (Å²) >= 11 is 0. The van der Waals surface area contributed by atoms with Crippen LogP contribution < -0.4 is 5.32 Å². The van der Waals surface area contributed by atoms with Gasteiger partial charge in [0.25, 0.3) is 0 Å². The Labute approximate surface area is 214 Å². The number of carbonyl (C=O) groups is 2. The molecule has 0 saturated carbocycles. The number of anilines is 1. The van der Waals surface area contributed by atoms with E-state index in [1.54, 1.807) is 15.8 Å². The first-order valence-corrected chi connectivity index (χ1v) is 12.8. The third-order valence-corrected chi connectivity index (χ3v) is 6.75. The number of aliphatic hydroxyl groups is 2. The number of ether oxygens (including phenoxy) is 2. The lowest BCUT2D eigenvalue weighted by molar-refractivity contribution is -0.141. The van der Waals surface area contributed by atoms with Gasteiger partial charge >= 0.3 is 0 Å². The van der Waals surface area contributed by atoms with Gasteiger partial charge in [0.2, 0.25) is 11.8 Å². The Hall–Kier alpha value is -2.21. The average molecular weight is 512 g/mol. The Morgan fingerprint density at radius 3 is 2.58 bits per heavy atom. The minimum Gasteiger partial charge on any atom is -0.388 e. The molecule has 2 heterocycles. The van der Waals surface area contributed by atoms with Gasteiger partial charge in [0, 0.05) is 53.4 Å². The van der Waals surface area contributed by atoms with Crippen molar-refractivity contribution >= 4 is 17.5 Å². The van der Waals surface area contributed by atoms with E-state index in [1.807, 2.05) is 18.9 Å². The van der Waals surface area contributed by atoms with Gasteiger partial charge in [0.15, 0.2) is 0 Å². The molecule has 0 aliphatic carbocycles. The van der Waals surface area contributed by atoms with Crippen LogP contribution in [0.3, 0.4) is 0 Å². The molecule has 1 fully saturated rings. The number of amides is 2. The standard InChI is InChI=1S/C25H45N5O6/c1-17(2)11-20-14-29(19(4)31)15-23(35-6)25(34)22(32)16-36-10-8-7-9-30(20)24(33)13-26-21-12-27-28(5)18(21)3/h12,17,20,22-23,25-26,32,34H,7-11,13-16H2,1-6H3/t20-,22+,23+,25+/m0/s1. The van der Waals surface area contributed by atoms with E-state index in [-0.39, 0.29) is 37.6 Å². The maximum atomic E-state index is 13.5. The maximum absolute atomic E-state index is 13.5.